The lowest BCUT2D eigenvalue weighted by Gasteiger charge is -1.98. The summed E-state index contributed by atoms with van der Waals surface area (Å²) in [6, 6.07) is 0. The second-order valence-electron chi connectivity index (χ2n) is 2.64. The first-order valence-corrected chi connectivity index (χ1v) is 3.63. The molecule has 2 heterocycles. The van der Waals surface area contributed by atoms with E-state index in [0.29, 0.717) is 0 Å². The maximum absolute atomic E-state index is 11.1. The summed E-state index contributed by atoms with van der Waals surface area (Å²) in [5, 5.41) is 24.2. The van der Waals surface area contributed by atoms with Gasteiger partial charge in [0.05, 0.1) is 11.6 Å². The van der Waals surface area contributed by atoms with E-state index in [0.717, 1.165) is 0 Å². The normalized spacial score (nSPS) is 10.6. The van der Waals surface area contributed by atoms with Crippen LogP contribution in [-0.4, -0.2) is 31.4 Å². The molecule has 0 fully saturated rings. The van der Waals surface area contributed by atoms with Crippen LogP contribution in [0.2, 0.25) is 0 Å². The van der Waals surface area contributed by atoms with Gasteiger partial charge >= 0.3 is 5.97 Å². The predicted molar refractivity (Wildman–Crippen MR) is 45.3 cm³/mol. The van der Waals surface area contributed by atoms with Crippen LogP contribution in [0.1, 0.15) is 10.4 Å². The number of aromatic nitrogens is 3. The van der Waals surface area contributed by atoms with Crippen molar-refractivity contribution in [2.45, 2.75) is 0 Å². The molecule has 72 valence electrons. The molecule has 2 aromatic rings. The Kier molecular flexibility index (Phi) is 1.53. The molecule has 0 aromatic carbocycles. The molecule has 2 rings (SSSR count). The van der Waals surface area contributed by atoms with Gasteiger partial charge in [0.25, 0.3) is 5.56 Å². The van der Waals surface area contributed by atoms with Crippen molar-refractivity contribution in [1.82, 2.24) is 15.2 Å². The number of carboxylic acids is 1. The molecule has 2 aromatic heterocycles. The van der Waals surface area contributed by atoms with Gasteiger partial charge in [-0.3, -0.25) is 9.89 Å². The van der Waals surface area contributed by atoms with Gasteiger partial charge < -0.3 is 15.2 Å². The molecular formula is C7H5N3O4. The molecule has 0 aliphatic heterocycles. The number of aromatic carboxylic acids is 1. The third-order valence-corrected chi connectivity index (χ3v) is 1.81. The van der Waals surface area contributed by atoms with E-state index in [1.807, 2.05) is 0 Å². The number of hydrogen-bond donors (Lipinski definition) is 4. The van der Waals surface area contributed by atoms with Gasteiger partial charge in [0.15, 0.2) is 5.56 Å². The topological polar surface area (TPSA) is 119 Å². The van der Waals surface area contributed by atoms with Crippen LogP contribution in [0.5, 0.6) is 5.75 Å². The molecule has 14 heavy (non-hydrogen) atoms. The molecule has 0 bridgehead atoms. The molecule has 7 heteroatoms. The highest BCUT2D eigenvalue weighted by Gasteiger charge is 2.18. The monoisotopic (exact) mass is 195 g/mol. The number of hydrogen-bond acceptors (Lipinski definition) is 4. The number of carbonyl (C=O) groups is 1. The van der Waals surface area contributed by atoms with E-state index >= 15 is 0 Å². The van der Waals surface area contributed by atoms with Gasteiger partial charge in [-0.25, -0.2) is 4.79 Å². The fourth-order valence-corrected chi connectivity index (χ4v) is 1.18. The summed E-state index contributed by atoms with van der Waals surface area (Å²) < 4.78 is 0. The van der Waals surface area contributed by atoms with Gasteiger partial charge in [0.1, 0.15) is 11.4 Å². The summed E-state index contributed by atoms with van der Waals surface area (Å²) in [7, 11) is 0. The largest absolute Gasteiger partial charge is 0.506 e. The van der Waals surface area contributed by atoms with E-state index in [2.05, 4.69) is 15.2 Å². The first-order chi connectivity index (χ1) is 6.61. The van der Waals surface area contributed by atoms with E-state index in [4.69, 9.17) is 5.11 Å². The quantitative estimate of drug-likeness (QED) is 0.496. The number of rotatable bonds is 1. The van der Waals surface area contributed by atoms with E-state index in [-0.39, 0.29) is 11.0 Å². The lowest BCUT2D eigenvalue weighted by molar-refractivity contribution is 0.0692. The van der Waals surface area contributed by atoms with Gasteiger partial charge in [0, 0.05) is 0 Å². The van der Waals surface area contributed by atoms with Crippen LogP contribution in [0, 0.1) is 0 Å². The number of nitrogens with zero attached hydrogens (tertiary/aromatic N) is 1. The number of H-pyrrole nitrogens is 2. The molecule has 0 saturated heterocycles. The van der Waals surface area contributed by atoms with Crippen molar-refractivity contribution in [3.63, 3.8) is 0 Å². The van der Waals surface area contributed by atoms with Crippen LogP contribution < -0.4 is 5.56 Å². The van der Waals surface area contributed by atoms with Gasteiger partial charge in [-0.15, -0.1) is 0 Å². The summed E-state index contributed by atoms with van der Waals surface area (Å²) in [5.41, 5.74) is -1.36. The molecule has 0 radical (unpaired) electrons. The molecule has 4 N–H and O–H groups in total. The minimum atomic E-state index is -1.48. The minimum Gasteiger partial charge on any atom is -0.506 e. The van der Waals surface area contributed by atoms with Crippen molar-refractivity contribution in [2.24, 2.45) is 0 Å². The van der Waals surface area contributed by atoms with Crippen LogP contribution in [0.15, 0.2) is 11.0 Å². The fraction of sp³-hybridized carbons (Fsp3) is 0. The van der Waals surface area contributed by atoms with Crippen LogP contribution in [0.25, 0.3) is 11.0 Å². The van der Waals surface area contributed by atoms with Crippen molar-refractivity contribution in [3.05, 3.63) is 22.1 Å². The molecule has 0 amide bonds. The Hall–Kier alpha value is -2.31. The Morgan fingerprint density at radius 1 is 1.50 bits per heavy atom. The zero-order chi connectivity index (χ0) is 10.3. The third-order valence-electron chi connectivity index (χ3n) is 1.81. The lowest BCUT2D eigenvalue weighted by Crippen LogP contribution is -2.17. The lowest BCUT2D eigenvalue weighted by atomic mass is 10.2. The second kappa shape index (κ2) is 2.59. The number of aromatic hydroxyl groups is 1. The van der Waals surface area contributed by atoms with E-state index in [9.17, 15) is 14.7 Å². The predicted octanol–water partition coefficient (Wildman–Crippen LogP) is -0.345. The van der Waals surface area contributed by atoms with Crippen molar-refractivity contribution in [2.75, 3.05) is 0 Å². The van der Waals surface area contributed by atoms with Crippen LogP contribution >= 0.6 is 0 Å². The van der Waals surface area contributed by atoms with Crippen LogP contribution in [-0.2, 0) is 0 Å². The fourth-order valence-electron chi connectivity index (χ4n) is 1.18. The smallest absolute Gasteiger partial charge is 0.345 e. The molecule has 0 saturated carbocycles. The van der Waals surface area contributed by atoms with Gasteiger partial charge in [0.2, 0.25) is 0 Å². The highest BCUT2D eigenvalue weighted by Crippen LogP contribution is 2.22. The third kappa shape index (κ3) is 0.954. The molecule has 0 unspecified atom stereocenters. The Bertz CT molecular complexity index is 568. The number of carboxylic acid groups (broad SMARTS) is 1. The Morgan fingerprint density at radius 2 is 2.21 bits per heavy atom. The van der Waals surface area contributed by atoms with E-state index in [1.165, 1.54) is 6.20 Å². The van der Waals surface area contributed by atoms with Crippen LogP contribution in [0.3, 0.4) is 0 Å². The average Bonchev–Trinajstić information content (AvgIpc) is 2.50. The van der Waals surface area contributed by atoms with Crippen LogP contribution in [0.4, 0.5) is 0 Å². The average molecular weight is 195 g/mol. The molecular weight excluding hydrogens is 190 g/mol. The number of aromatic amines is 2. The molecule has 0 aliphatic rings. The Balaban J connectivity index is 2.96. The molecule has 7 nitrogen and oxygen atoms in total. The molecule has 0 atom stereocenters. The first-order valence-electron chi connectivity index (χ1n) is 3.63. The maximum Gasteiger partial charge on any atom is 0.345 e. The second-order valence-corrected chi connectivity index (χ2v) is 2.64. The summed E-state index contributed by atoms with van der Waals surface area (Å²) in [4.78, 5) is 24.0. The summed E-state index contributed by atoms with van der Waals surface area (Å²) >= 11 is 0. The van der Waals surface area contributed by atoms with Crippen molar-refractivity contribution >= 4 is 17.0 Å². The van der Waals surface area contributed by atoms with E-state index in [1.54, 1.807) is 0 Å². The standard InChI is InChI=1S/C7H5N3O4/c11-4-2-1-8-10-5(2)9-6(12)3(4)7(13)14/h1H,(H,13,14)(H3,8,9,10,11,12). The van der Waals surface area contributed by atoms with Crippen molar-refractivity contribution in [1.29, 1.82) is 0 Å². The summed E-state index contributed by atoms with van der Waals surface area (Å²) in [5.74, 6) is -2.06. The highest BCUT2D eigenvalue weighted by molar-refractivity contribution is 5.97. The maximum atomic E-state index is 11.1. The van der Waals surface area contributed by atoms with Gasteiger partial charge in [-0.2, -0.15) is 5.10 Å². The molecule has 0 aliphatic carbocycles. The summed E-state index contributed by atoms with van der Waals surface area (Å²) in [6.45, 7) is 0. The Morgan fingerprint density at radius 3 is 2.86 bits per heavy atom. The van der Waals surface area contributed by atoms with E-state index < -0.39 is 22.8 Å². The van der Waals surface area contributed by atoms with Crippen molar-refractivity contribution in [3.8, 4) is 5.75 Å². The number of nitrogens with one attached hydrogen (secondary N) is 2. The van der Waals surface area contributed by atoms with Gasteiger partial charge in [-0.1, -0.05) is 0 Å². The minimum absolute atomic E-state index is 0.169. The number of pyridine rings is 1. The molecule has 0 spiro atoms. The zero-order valence-electron chi connectivity index (χ0n) is 6.74. The zero-order valence-corrected chi connectivity index (χ0v) is 6.74. The van der Waals surface area contributed by atoms with Crippen molar-refractivity contribution < 1.29 is 15.0 Å². The SMILES string of the molecule is O=C(O)c1c(O)c2cn[nH]c2[nH]c1=O. The Labute approximate surface area is 76.0 Å². The highest BCUT2D eigenvalue weighted by atomic mass is 16.4. The first kappa shape index (κ1) is 8.30. The van der Waals surface area contributed by atoms with Gasteiger partial charge in [-0.05, 0) is 0 Å². The number of fused-ring (bicyclic) bond motifs is 1. The summed E-state index contributed by atoms with van der Waals surface area (Å²) in [6.07, 6.45) is 1.23.